The molecule has 3 fully saturated rings. The Morgan fingerprint density at radius 2 is 1.64 bits per heavy atom. The maximum Gasteiger partial charge on any atom is -0.0352 e. The summed E-state index contributed by atoms with van der Waals surface area (Å²) in [7, 11) is 0. The second-order valence-corrected chi connectivity index (χ2v) is 5.32. The van der Waals surface area contributed by atoms with Crippen LogP contribution >= 0.6 is 0 Å². The molecule has 2 bridgehead atoms. The van der Waals surface area contributed by atoms with Crippen LogP contribution in [0.1, 0.15) is 59.3 Å². The zero-order valence-electron chi connectivity index (χ0n) is 10.1. The summed E-state index contributed by atoms with van der Waals surface area (Å²) in [5.74, 6) is 5.86. The van der Waals surface area contributed by atoms with Gasteiger partial charge in [0.2, 0.25) is 0 Å². The van der Waals surface area contributed by atoms with E-state index < -0.39 is 0 Å². The highest BCUT2D eigenvalue weighted by molar-refractivity contribution is 5.02. The molecule has 0 amide bonds. The molecule has 0 aliphatic heterocycles. The molecular weight excluding hydrogens is 168 g/mol. The molecule has 3 aliphatic rings. The van der Waals surface area contributed by atoms with Crippen molar-refractivity contribution in [2.24, 2.45) is 29.6 Å². The third-order valence-electron chi connectivity index (χ3n) is 5.09. The molecule has 0 aromatic carbocycles. The smallest absolute Gasteiger partial charge is 0.0352 e. The van der Waals surface area contributed by atoms with Crippen molar-refractivity contribution in [3.05, 3.63) is 0 Å². The highest BCUT2D eigenvalue weighted by Gasteiger charge is 2.52. The van der Waals surface area contributed by atoms with E-state index in [1.54, 1.807) is 32.1 Å². The fourth-order valence-corrected chi connectivity index (χ4v) is 4.68. The molecular formula is C14H26. The van der Waals surface area contributed by atoms with Gasteiger partial charge in [-0.15, -0.1) is 0 Å². The van der Waals surface area contributed by atoms with Gasteiger partial charge in [-0.3, -0.25) is 0 Å². The van der Waals surface area contributed by atoms with Gasteiger partial charge >= 0.3 is 0 Å². The minimum Gasteiger partial charge on any atom is -0.0683 e. The molecule has 5 atom stereocenters. The third kappa shape index (κ3) is 1.42. The van der Waals surface area contributed by atoms with Crippen molar-refractivity contribution >= 4 is 0 Å². The topological polar surface area (TPSA) is 0 Å². The summed E-state index contributed by atoms with van der Waals surface area (Å²) in [6.07, 6.45) is 9.41. The van der Waals surface area contributed by atoms with Crippen LogP contribution in [0.15, 0.2) is 0 Å². The molecule has 3 aliphatic carbocycles. The molecule has 82 valence electrons. The van der Waals surface area contributed by atoms with E-state index in [4.69, 9.17) is 0 Å². The van der Waals surface area contributed by atoms with Gasteiger partial charge in [0.1, 0.15) is 0 Å². The summed E-state index contributed by atoms with van der Waals surface area (Å²) in [5.41, 5.74) is 0. The molecule has 3 rings (SSSR count). The van der Waals surface area contributed by atoms with Crippen molar-refractivity contribution in [1.82, 2.24) is 0 Å². The van der Waals surface area contributed by atoms with E-state index in [0.717, 1.165) is 5.92 Å². The van der Waals surface area contributed by atoms with Crippen LogP contribution in [0.2, 0.25) is 0 Å². The first kappa shape index (κ1) is 10.5. The highest BCUT2D eigenvalue weighted by atomic mass is 14.6. The van der Waals surface area contributed by atoms with Crippen molar-refractivity contribution in [2.75, 3.05) is 0 Å². The lowest BCUT2D eigenvalue weighted by atomic mass is 9.75. The fraction of sp³-hybridized carbons (Fsp3) is 1.00. The molecule has 0 N–H and O–H groups in total. The van der Waals surface area contributed by atoms with E-state index in [-0.39, 0.29) is 0 Å². The van der Waals surface area contributed by atoms with Crippen LogP contribution in [0.25, 0.3) is 0 Å². The van der Waals surface area contributed by atoms with Gasteiger partial charge < -0.3 is 0 Å². The zero-order valence-corrected chi connectivity index (χ0v) is 10.1. The summed E-state index contributed by atoms with van der Waals surface area (Å²) in [6.45, 7) is 6.40. The first-order chi connectivity index (χ1) is 6.90. The van der Waals surface area contributed by atoms with Crippen LogP contribution < -0.4 is 0 Å². The van der Waals surface area contributed by atoms with Gasteiger partial charge in [0.05, 0.1) is 0 Å². The van der Waals surface area contributed by atoms with E-state index in [9.17, 15) is 0 Å². The SMILES string of the molecule is CC.CCC1CC2CC1C1CCCC21. The van der Waals surface area contributed by atoms with Crippen LogP contribution in [-0.2, 0) is 0 Å². The highest BCUT2D eigenvalue weighted by Crippen LogP contribution is 2.61. The lowest BCUT2D eigenvalue weighted by Gasteiger charge is -2.30. The minimum atomic E-state index is 1.13. The third-order valence-corrected chi connectivity index (χ3v) is 5.09. The Bertz CT molecular complexity index is 182. The lowest BCUT2D eigenvalue weighted by molar-refractivity contribution is 0.185. The molecule has 0 radical (unpaired) electrons. The Balaban J connectivity index is 0.000000354. The predicted molar refractivity (Wildman–Crippen MR) is 62.2 cm³/mol. The normalized spacial score (nSPS) is 48.6. The van der Waals surface area contributed by atoms with Crippen molar-refractivity contribution in [1.29, 1.82) is 0 Å². The van der Waals surface area contributed by atoms with E-state index in [0.29, 0.717) is 0 Å². The van der Waals surface area contributed by atoms with Crippen LogP contribution in [0, 0.1) is 29.6 Å². The van der Waals surface area contributed by atoms with Crippen LogP contribution in [0.4, 0.5) is 0 Å². The van der Waals surface area contributed by atoms with Gasteiger partial charge in [-0.2, -0.15) is 0 Å². The summed E-state index contributed by atoms with van der Waals surface area (Å²) < 4.78 is 0. The Kier molecular flexibility index (Phi) is 3.19. The van der Waals surface area contributed by atoms with Crippen LogP contribution in [0.3, 0.4) is 0 Å². The molecule has 0 spiro atoms. The average Bonchev–Trinajstić information content (AvgIpc) is 2.92. The van der Waals surface area contributed by atoms with Gasteiger partial charge in [0.25, 0.3) is 0 Å². The molecule has 0 nitrogen and oxygen atoms in total. The van der Waals surface area contributed by atoms with Crippen LogP contribution in [0.5, 0.6) is 0 Å². The molecule has 3 saturated carbocycles. The van der Waals surface area contributed by atoms with E-state index in [2.05, 4.69) is 6.92 Å². The Labute approximate surface area is 89.5 Å². The largest absolute Gasteiger partial charge is 0.0683 e. The van der Waals surface area contributed by atoms with Crippen molar-refractivity contribution < 1.29 is 0 Å². The minimum absolute atomic E-state index is 1.13. The summed E-state index contributed by atoms with van der Waals surface area (Å²) in [5, 5.41) is 0. The Hall–Kier alpha value is 0. The molecule has 0 saturated heterocycles. The first-order valence-electron chi connectivity index (χ1n) is 6.90. The summed E-state index contributed by atoms with van der Waals surface area (Å²) in [6, 6.07) is 0. The van der Waals surface area contributed by atoms with Gasteiger partial charge in [-0.1, -0.05) is 33.6 Å². The quantitative estimate of drug-likeness (QED) is 0.577. The molecule has 0 heteroatoms. The Morgan fingerprint density at radius 1 is 0.929 bits per heavy atom. The average molecular weight is 194 g/mol. The van der Waals surface area contributed by atoms with Crippen molar-refractivity contribution in [3.8, 4) is 0 Å². The summed E-state index contributed by atoms with van der Waals surface area (Å²) >= 11 is 0. The van der Waals surface area contributed by atoms with E-state index >= 15 is 0 Å². The van der Waals surface area contributed by atoms with Crippen LogP contribution in [-0.4, -0.2) is 0 Å². The second-order valence-electron chi connectivity index (χ2n) is 5.32. The molecule has 5 unspecified atom stereocenters. The second kappa shape index (κ2) is 4.24. The molecule has 14 heavy (non-hydrogen) atoms. The monoisotopic (exact) mass is 194 g/mol. The lowest BCUT2D eigenvalue weighted by Crippen LogP contribution is -2.23. The number of hydrogen-bond donors (Lipinski definition) is 0. The number of hydrogen-bond acceptors (Lipinski definition) is 0. The van der Waals surface area contributed by atoms with E-state index in [1.807, 2.05) is 13.8 Å². The maximum atomic E-state index is 2.40. The predicted octanol–water partition coefficient (Wildman–Crippen LogP) is 4.49. The standard InChI is InChI=1S/C12H20.C2H6/c1-2-8-6-9-7-12(8)11-5-3-4-10(9)11;1-2/h8-12H,2-7H2,1H3;1-2H3. The zero-order chi connectivity index (χ0) is 10.1. The number of rotatable bonds is 1. The summed E-state index contributed by atoms with van der Waals surface area (Å²) in [4.78, 5) is 0. The maximum absolute atomic E-state index is 2.40. The van der Waals surface area contributed by atoms with Crippen molar-refractivity contribution in [3.63, 3.8) is 0 Å². The Morgan fingerprint density at radius 3 is 2.36 bits per heavy atom. The van der Waals surface area contributed by atoms with Gasteiger partial charge in [0, 0.05) is 0 Å². The van der Waals surface area contributed by atoms with Gasteiger partial charge in [-0.05, 0) is 55.3 Å². The number of fused-ring (bicyclic) bond motifs is 5. The molecule has 0 aromatic heterocycles. The van der Waals surface area contributed by atoms with Gasteiger partial charge in [0.15, 0.2) is 0 Å². The first-order valence-corrected chi connectivity index (χ1v) is 6.90. The fourth-order valence-electron chi connectivity index (χ4n) is 4.68. The van der Waals surface area contributed by atoms with Crippen molar-refractivity contribution in [2.45, 2.75) is 59.3 Å². The van der Waals surface area contributed by atoms with Gasteiger partial charge in [-0.25, -0.2) is 0 Å². The molecule has 0 heterocycles. The van der Waals surface area contributed by atoms with E-state index in [1.165, 1.54) is 30.1 Å². The molecule has 0 aromatic rings.